The highest BCUT2D eigenvalue weighted by Gasteiger charge is 2.52. The van der Waals surface area contributed by atoms with Crippen LogP contribution in [-0.4, -0.2) is 14.4 Å². The van der Waals surface area contributed by atoms with E-state index in [1.807, 2.05) is 0 Å². The van der Waals surface area contributed by atoms with Gasteiger partial charge in [-0.1, -0.05) is 81.4 Å². The van der Waals surface area contributed by atoms with E-state index in [0.717, 1.165) is 11.8 Å². The highest BCUT2D eigenvalue weighted by Crippen LogP contribution is 2.49. The molecule has 0 aromatic heterocycles. The molecule has 138 valence electrons. The third-order valence-corrected chi connectivity index (χ3v) is 11.6. The van der Waals surface area contributed by atoms with Crippen molar-refractivity contribution in [2.45, 2.75) is 64.0 Å². The summed E-state index contributed by atoms with van der Waals surface area (Å²) >= 11 is 0. The fourth-order valence-electron chi connectivity index (χ4n) is 5.02. The molecule has 2 fully saturated rings. The summed E-state index contributed by atoms with van der Waals surface area (Å²) in [4.78, 5) is 0. The SMILES string of the molecule is CC(C)(C)[Si](OC1CCC2CC2CC1)(c1ccccc1)c1ccccc1. The van der Waals surface area contributed by atoms with E-state index in [0.29, 0.717) is 6.10 Å². The summed E-state index contributed by atoms with van der Waals surface area (Å²) in [5.41, 5.74) is 0. The lowest BCUT2D eigenvalue weighted by Crippen LogP contribution is -2.67. The molecule has 0 heterocycles. The highest BCUT2D eigenvalue weighted by atomic mass is 28.4. The smallest absolute Gasteiger partial charge is 0.261 e. The van der Waals surface area contributed by atoms with Crippen molar-refractivity contribution in [3.63, 3.8) is 0 Å². The molecule has 26 heavy (non-hydrogen) atoms. The van der Waals surface area contributed by atoms with Crippen molar-refractivity contribution in [2.75, 3.05) is 0 Å². The summed E-state index contributed by atoms with van der Waals surface area (Å²) in [6.45, 7) is 7.15. The van der Waals surface area contributed by atoms with E-state index in [1.165, 1.54) is 42.5 Å². The van der Waals surface area contributed by atoms with Gasteiger partial charge in [0.1, 0.15) is 0 Å². The van der Waals surface area contributed by atoms with Crippen LogP contribution in [0.25, 0.3) is 0 Å². The monoisotopic (exact) mass is 364 g/mol. The summed E-state index contributed by atoms with van der Waals surface area (Å²) in [7, 11) is -2.37. The van der Waals surface area contributed by atoms with Crippen LogP contribution in [0.1, 0.15) is 52.9 Å². The molecule has 1 nitrogen and oxygen atoms in total. The second kappa shape index (κ2) is 6.98. The number of rotatable bonds is 4. The molecule has 0 N–H and O–H groups in total. The predicted molar refractivity (Wildman–Crippen MR) is 113 cm³/mol. The fraction of sp³-hybridized carbons (Fsp3) is 0.500. The van der Waals surface area contributed by atoms with Gasteiger partial charge in [-0.05, 0) is 59.4 Å². The van der Waals surface area contributed by atoms with Gasteiger partial charge in [0.2, 0.25) is 0 Å². The van der Waals surface area contributed by atoms with Crippen LogP contribution in [0, 0.1) is 11.8 Å². The lowest BCUT2D eigenvalue weighted by atomic mass is 10.1. The first-order valence-electron chi connectivity index (χ1n) is 10.3. The zero-order valence-electron chi connectivity index (χ0n) is 16.4. The summed E-state index contributed by atoms with van der Waals surface area (Å²) in [5.74, 6) is 2.01. The number of hydrogen-bond donors (Lipinski definition) is 0. The largest absolute Gasteiger partial charge is 0.404 e. The van der Waals surface area contributed by atoms with Crippen LogP contribution in [-0.2, 0) is 4.43 Å². The van der Waals surface area contributed by atoms with Crippen LogP contribution in [0.2, 0.25) is 5.04 Å². The lowest BCUT2D eigenvalue weighted by molar-refractivity contribution is 0.166. The Labute approximate surface area is 159 Å². The third kappa shape index (κ3) is 3.30. The van der Waals surface area contributed by atoms with Gasteiger partial charge < -0.3 is 4.43 Å². The van der Waals surface area contributed by atoms with E-state index in [2.05, 4.69) is 81.4 Å². The first-order valence-corrected chi connectivity index (χ1v) is 12.2. The molecule has 0 saturated heterocycles. The second-order valence-electron chi connectivity index (χ2n) is 9.31. The molecule has 2 aliphatic carbocycles. The molecule has 0 aliphatic heterocycles. The molecule has 2 aliphatic rings. The van der Waals surface area contributed by atoms with Gasteiger partial charge in [-0.25, -0.2) is 0 Å². The molecule has 2 atom stereocenters. The van der Waals surface area contributed by atoms with Crippen molar-refractivity contribution in [3.05, 3.63) is 60.7 Å². The van der Waals surface area contributed by atoms with Gasteiger partial charge in [0, 0.05) is 6.10 Å². The Balaban J connectivity index is 1.77. The molecule has 0 bridgehead atoms. The van der Waals surface area contributed by atoms with E-state index < -0.39 is 8.32 Å². The van der Waals surface area contributed by atoms with Crippen molar-refractivity contribution in [3.8, 4) is 0 Å². The van der Waals surface area contributed by atoms with Gasteiger partial charge >= 0.3 is 0 Å². The maximum atomic E-state index is 7.30. The van der Waals surface area contributed by atoms with Gasteiger partial charge in [0.15, 0.2) is 0 Å². The maximum Gasteiger partial charge on any atom is 0.261 e. The van der Waals surface area contributed by atoms with E-state index in [4.69, 9.17) is 4.43 Å². The van der Waals surface area contributed by atoms with Crippen LogP contribution in [0.15, 0.2) is 60.7 Å². The summed E-state index contributed by atoms with van der Waals surface area (Å²) in [6, 6.07) is 22.2. The zero-order valence-corrected chi connectivity index (χ0v) is 17.4. The molecule has 2 heteroatoms. The fourth-order valence-corrected chi connectivity index (χ4v) is 9.77. The van der Waals surface area contributed by atoms with Crippen molar-refractivity contribution < 1.29 is 4.43 Å². The molecule has 0 radical (unpaired) electrons. The van der Waals surface area contributed by atoms with Crippen molar-refractivity contribution in [1.82, 2.24) is 0 Å². The van der Waals surface area contributed by atoms with Crippen LogP contribution in [0.4, 0.5) is 0 Å². The quantitative estimate of drug-likeness (QED) is 0.682. The predicted octanol–water partition coefficient (Wildman–Crippen LogP) is 5.14. The molecule has 4 rings (SSSR count). The van der Waals surface area contributed by atoms with Gasteiger partial charge in [-0.3, -0.25) is 0 Å². The van der Waals surface area contributed by atoms with Crippen LogP contribution in [0.5, 0.6) is 0 Å². The molecular weight excluding hydrogens is 332 g/mol. The molecule has 2 saturated carbocycles. The first kappa shape index (κ1) is 18.0. The van der Waals surface area contributed by atoms with Crippen LogP contribution in [0.3, 0.4) is 0 Å². The van der Waals surface area contributed by atoms with E-state index in [1.54, 1.807) is 0 Å². The minimum atomic E-state index is -2.37. The Morgan fingerprint density at radius 3 is 1.62 bits per heavy atom. The highest BCUT2D eigenvalue weighted by molar-refractivity contribution is 6.99. The molecule has 2 unspecified atom stereocenters. The number of hydrogen-bond acceptors (Lipinski definition) is 1. The van der Waals surface area contributed by atoms with Gasteiger partial charge in [-0.2, -0.15) is 0 Å². The standard InChI is InChI=1S/C24H32OSi/c1-24(2,3)26(22-10-6-4-7-11-22,23-12-8-5-9-13-23)25-21-16-14-19-18-20(19)15-17-21/h4-13,19-21H,14-18H2,1-3H3. The molecule has 0 amide bonds. The van der Waals surface area contributed by atoms with E-state index in [-0.39, 0.29) is 5.04 Å². The van der Waals surface area contributed by atoms with Crippen molar-refractivity contribution >= 4 is 18.7 Å². The topological polar surface area (TPSA) is 9.23 Å². The number of fused-ring (bicyclic) bond motifs is 1. The second-order valence-corrected chi connectivity index (χ2v) is 13.6. The summed E-state index contributed by atoms with van der Waals surface area (Å²) < 4.78 is 7.30. The molecule has 2 aromatic rings. The minimum Gasteiger partial charge on any atom is -0.404 e. The van der Waals surface area contributed by atoms with Crippen LogP contribution >= 0.6 is 0 Å². The summed E-state index contributed by atoms with van der Waals surface area (Å²) in [6.07, 6.45) is 7.11. The molecular formula is C24H32OSi. The summed E-state index contributed by atoms with van der Waals surface area (Å²) in [5, 5.41) is 2.91. The van der Waals surface area contributed by atoms with Crippen molar-refractivity contribution in [1.29, 1.82) is 0 Å². The van der Waals surface area contributed by atoms with Gasteiger partial charge in [0.05, 0.1) is 0 Å². The van der Waals surface area contributed by atoms with Crippen molar-refractivity contribution in [2.24, 2.45) is 11.8 Å². The van der Waals surface area contributed by atoms with E-state index in [9.17, 15) is 0 Å². The normalized spacial score (nSPS) is 26.0. The average Bonchev–Trinajstić information content (AvgIpc) is 3.41. The average molecular weight is 365 g/mol. The van der Waals surface area contributed by atoms with Crippen LogP contribution < -0.4 is 10.4 Å². The Hall–Kier alpha value is -1.38. The third-order valence-electron chi connectivity index (χ3n) is 6.55. The minimum absolute atomic E-state index is 0.0882. The molecule has 2 aromatic carbocycles. The molecule has 0 spiro atoms. The lowest BCUT2D eigenvalue weighted by Gasteiger charge is -2.45. The van der Waals surface area contributed by atoms with Gasteiger partial charge in [-0.15, -0.1) is 0 Å². The Morgan fingerprint density at radius 1 is 0.731 bits per heavy atom. The first-order chi connectivity index (χ1) is 12.5. The Kier molecular flexibility index (Phi) is 4.83. The van der Waals surface area contributed by atoms with E-state index >= 15 is 0 Å². The maximum absolute atomic E-state index is 7.30. The van der Waals surface area contributed by atoms with Gasteiger partial charge in [0.25, 0.3) is 8.32 Å². The Bertz CT molecular complexity index is 667. The zero-order chi connectivity index (χ0) is 18.2. The number of benzene rings is 2. The Morgan fingerprint density at radius 2 is 1.19 bits per heavy atom.